The normalized spacial score (nSPS) is 11.0. The van der Waals surface area contributed by atoms with Crippen LogP contribution in [0.2, 0.25) is 10.0 Å². The third kappa shape index (κ3) is 4.70. The Bertz CT molecular complexity index is 599. The molecule has 0 aliphatic heterocycles. The number of halogens is 2. The highest BCUT2D eigenvalue weighted by atomic mass is 35.5. The second-order valence-electron chi connectivity index (χ2n) is 5.94. The molecule has 0 heterocycles. The van der Waals surface area contributed by atoms with Crippen molar-refractivity contribution in [3.63, 3.8) is 0 Å². The summed E-state index contributed by atoms with van der Waals surface area (Å²) in [6.07, 6.45) is 6.61. The summed E-state index contributed by atoms with van der Waals surface area (Å²) >= 11 is 13.0. The van der Waals surface area contributed by atoms with Crippen LogP contribution in [0.1, 0.15) is 52.4 Å². The third-order valence-electron chi connectivity index (χ3n) is 4.00. The lowest BCUT2D eigenvalue weighted by Gasteiger charge is -2.17. The number of hydrogen-bond acceptors (Lipinski definition) is 2. The first-order chi connectivity index (χ1) is 11.7. The average Bonchev–Trinajstić information content (AvgIpc) is 2.60. The van der Waals surface area contributed by atoms with Crippen LogP contribution in [0.3, 0.4) is 0 Å². The van der Waals surface area contributed by atoms with Gasteiger partial charge in [-0.1, -0.05) is 87.0 Å². The lowest BCUT2D eigenvalue weighted by molar-refractivity contribution is 0.303. The SMILES string of the molecule is CCCCCOc1c(Cl)c(Cl)c(OCCCCC)c2ccccc12. The van der Waals surface area contributed by atoms with Crippen LogP contribution in [0.15, 0.2) is 24.3 Å². The number of fused-ring (bicyclic) bond motifs is 1. The minimum absolute atomic E-state index is 0.442. The van der Waals surface area contributed by atoms with Crippen molar-refractivity contribution in [2.45, 2.75) is 52.4 Å². The summed E-state index contributed by atoms with van der Waals surface area (Å²) in [6.45, 7) is 5.63. The number of unbranched alkanes of at least 4 members (excludes halogenated alkanes) is 4. The Kier molecular flexibility index (Phi) is 8.01. The smallest absolute Gasteiger partial charge is 0.147 e. The van der Waals surface area contributed by atoms with E-state index < -0.39 is 0 Å². The van der Waals surface area contributed by atoms with E-state index in [4.69, 9.17) is 32.7 Å². The van der Waals surface area contributed by atoms with Gasteiger partial charge >= 0.3 is 0 Å². The van der Waals surface area contributed by atoms with Gasteiger partial charge in [-0.3, -0.25) is 0 Å². The summed E-state index contributed by atoms with van der Waals surface area (Å²) in [6, 6.07) is 7.97. The van der Waals surface area contributed by atoms with Gasteiger partial charge in [0.1, 0.15) is 21.5 Å². The number of hydrogen-bond donors (Lipinski definition) is 0. The van der Waals surface area contributed by atoms with Crippen molar-refractivity contribution >= 4 is 34.0 Å². The van der Waals surface area contributed by atoms with Gasteiger partial charge in [0, 0.05) is 10.8 Å². The number of benzene rings is 2. The van der Waals surface area contributed by atoms with E-state index in [0.717, 1.165) is 49.3 Å². The maximum atomic E-state index is 6.49. The molecule has 4 heteroatoms. The van der Waals surface area contributed by atoms with E-state index in [2.05, 4.69) is 13.8 Å². The van der Waals surface area contributed by atoms with Crippen molar-refractivity contribution in [2.24, 2.45) is 0 Å². The fraction of sp³-hybridized carbons (Fsp3) is 0.500. The van der Waals surface area contributed by atoms with E-state index in [1.54, 1.807) is 0 Å². The summed E-state index contributed by atoms with van der Waals surface area (Å²) in [5.74, 6) is 1.32. The van der Waals surface area contributed by atoms with Crippen LogP contribution in [0, 0.1) is 0 Å². The summed E-state index contributed by atoms with van der Waals surface area (Å²) in [4.78, 5) is 0. The van der Waals surface area contributed by atoms with Crippen molar-refractivity contribution in [1.29, 1.82) is 0 Å². The molecule has 2 aromatic rings. The van der Waals surface area contributed by atoms with Gasteiger partial charge in [-0.05, 0) is 12.8 Å². The zero-order valence-corrected chi connectivity index (χ0v) is 16.1. The lowest BCUT2D eigenvalue weighted by Crippen LogP contribution is -2.02. The quantitative estimate of drug-likeness (QED) is 0.410. The molecule has 0 unspecified atom stereocenters. The molecule has 0 saturated carbocycles. The number of ether oxygens (including phenoxy) is 2. The molecular weight excluding hydrogens is 343 g/mol. The van der Waals surface area contributed by atoms with E-state index in [0.29, 0.717) is 34.8 Å². The molecule has 2 nitrogen and oxygen atoms in total. The first kappa shape index (κ1) is 19.2. The molecule has 0 fully saturated rings. The molecule has 132 valence electrons. The highest BCUT2D eigenvalue weighted by molar-refractivity contribution is 6.45. The summed E-state index contributed by atoms with van der Waals surface area (Å²) < 4.78 is 11.9. The summed E-state index contributed by atoms with van der Waals surface area (Å²) in [5, 5.41) is 2.79. The van der Waals surface area contributed by atoms with Crippen LogP contribution >= 0.6 is 23.2 Å². The van der Waals surface area contributed by atoms with Crippen LogP contribution < -0.4 is 9.47 Å². The fourth-order valence-electron chi connectivity index (χ4n) is 2.65. The van der Waals surface area contributed by atoms with Crippen molar-refractivity contribution < 1.29 is 9.47 Å². The predicted octanol–water partition coefficient (Wildman–Crippen LogP) is 7.28. The molecule has 2 aromatic carbocycles. The monoisotopic (exact) mass is 368 g/mol. The fourth-order valence-corrected chi connectivity index (χ4v) is 3.13. The van der Waals surface area contributed by atoms with Gasteiger partial charge in [-0.2, -0.15) is 0 Å². The predicted molar refractivity (Wildman–Crippen MR) is 104 cm³/mol. The van der Waals surface area contributed by atoms with Crippen molar-refractivity contribution in [3.05, 3.63) is 34.3 Å². The van der Waals surface area contributed by atoms with Crippen LogP contribution in [0.4, 0.5) is 0 Å². The largest absolute Gasteiger partial charge is 0.491 e. The Morgan fingerprint density at radius 2 is 1.12 bits per heavy atom. The molecular formula is C20H26Cl2O2. The second kappa shape index (κ2) is 10.0. The highest BCUT2D eigenvalue weighted by Gasteiger charge is 2.19. The van der Waals surface area contributed by atoms with Gasteiger partial charge < -0.3 is 9.47 Å². The highest BCUT2D eigenvalue weighted by Crippen LogP contribution is 2.46. The van der Waals surface area contributed by atoms with E-state index in [9.17, 15) is 0 Å². The maximum absolute atomic E-state index is 6.49. The molecule has 0 atom stereocenters. The Hall–Kier alpha value is -1.12. The van der Waals surface area contributed by atoms with Crippen LogP contribution in [0.25, 0.3) is 10.8 Å². The van der Waals surface area contributed by atoms with Crippen LogP contribution in [-0.2, 0) is 0 Å². The Morgan fingerprint density at radius 3 is 1.50 bits per heavy atom. The van der Waals surface area contributed by atoms with Crippen LogP contribution in [0.5, 0.6) is 11.5 Å². The lowest BCUT2D eigenvalue weighted by atomic mass is 10.1. The Balaban J connectivity index is 2.30. The molecule has 0 aliphatic rings. The topological polar surface area (TPSA) is 18.5 Å². The zero-order chi connectivity index (χ0) is 17.4. The first-order valence-corrected chi connectivity index (χ1v) is 9.61. The first-order valence-electron chi connectivity index (χ1n) is 8.86. The standard InChI is InChI=1S/C20H26Cl2O2/c1-3-5-9-13-23-19-15-11-7-8-12-16(15)20(18(22)17(19)21)24-14-10-6-4-2/h7-8,11-12H,3-6,9-10,13-14H2,1-2H3. The zero-order valence-electron chi connectivity index (χ0n) is 14.5. The van der Waals surface area contributed by atoms with Crippen molar-refractivity contribution in [1.82, 2.24) is 0 Å². The summed E-state index contributed by atoms with van der Waals surface area (Å²) in [7, 11) is 0. The molecule has 2 rings (SSSR count). The van der Waals surface area contributed by atoms with E-state index in [1.165, 1.54) is 0 Å². The van der Waals surface area contributed by atoms with Gasteiger partial charge in [0.15, 0.2) is 0 Å². The van der Waals surface area contributed by atoms with E-state index in [-0.39, 0.29) is 0 Å². The molecule has 0 saturated heterocycles. The maximum Gasteiger partial charge on any atom is 0.147 e. The van der Waals surface area contributed by atoms with Gasteiger partial charge in [0.05, 0.1) is 13.2 Å². The molecule has 0 radical (unpaired) electrons. The van der Waals surface area contributed by atoms with E-state index >= 15 is 0 Å². The molecule has 0 spiro atoms. The Morgan fingerprint density at radius 1 is 0.708 bits per heavy atom. The summed E-state index contributed by atoms with van der Waals surface area (Å²) in [5.41, 5.74) is 0. The second-order valence-corrected chi connectivity index (χ2v) is 6.70. The minimum atomic E-state index is 0.442. The molecule has 0 aromatic heterocycles. The third-order valence-corrected chi connectivity index (χ3v) is 4.81. The molecule has 0 amide bonds. The van der Waals surface area contributed by atoms with E-state index in [1.807, 2.05) is 24.3 Å². The molecule has 0 N–H and O–H groups in total. The van der Waals surface area contributed by atoms with Gasteiger partial charge in [-0.15, -0.1) is 0 Å². The Labute approximate surface area is 155 Å². The van der Waals surface area contributed by atoms with Crippen molar-refractivity contribution in [3.8, 4) is 11.5 Å². The van der Waals surface area contributed by atoms with Gasteiger partial charge in [-0.25, -0.2) is 0 Å². The molecule has 0 aliphatic carbocycles. The minimum Gasteiger partial charge on any atom is -0.491 e. The number of rotatable bonds is 10. The molecule has 24 heavy (non-hydrogen) atoms. The van der Waals surface area contributed by atoms with Crippen LogP contribution in [-0.4, -0.2) is 13.2 Å². The average molecular weight is 369 g/mol. The van der Waals surface area contributed by atoms with Gasteiger partial charge in [0.25, 0.3) is 0 Å². The van der Waals surface area contributed by atoms with Gasteiger partial charge in [0.2, 0.25) is 0 Å². The van der Waals surface area contributed by atoms with Crippen molar-refractivity contribution in [2.75, 3.05) is 13.2 Å². The molecule has 0 bridgehead atoms.